The molecule has 0 aliphatic carbocycles. The Morgan fingerprint density at radius 1 is 1.00 bits per heavy atom. The monoisotopic (exact) mass is 345 g/mol. The van der Waals surface area contributed by atoms with Gasteiger partial charge >= 0.3 is 5.69 Å². The van der Waals surface area contributed by atoms with E-state index in [0.29, 0.717) is 6.54 Å². The Labute approximate surface area is 148 Å². The molecule has 0 radical (unpaired) electrons. The van der Waals surface area contributed by atoms with Gasteiger partial charge in [-0.3, -0.25) is 9.13 Å². The lowest BCUT2D eigenvalue weighted by molar-refractivity contribution is 0.512. The minimum absolute atomic E-state index is 0. The average Bonchev–Trinajstić information content (AvgIpc) is 2.88. The first-order valence-corrected chi connectivity index (χ1v) is 8.17. The summed E-state index contributed by atoms with van der Waals surface area (Å²) in [7, 11) is 1.94. The van der Waals surface area contributed by atoms with Crippen LogP contribution < -0.4 is 11.0 Å². The summed E-state index contributed by atoms with van der Waals surface area (Å²) in [6.45, 7) is 3.56. The van der Waals surface area contributed by atoms with Crippen LogP contribution in [-0.2, 0) is 6.54 Å². The second-order valence-corrected chi connectivity index (χ2v) is 5.70. The fraction of sp³-hybridized carbons (Fsp3) is 0.316. The van der Waals surface area contributed by atoms with Crippen molar-refractivity contribution in [1.82, 2.24) is 14.5 Å². The molecule has 128 valence electrons. The molecular formula is C19H24ClN3O. The van der Waals surface area contributed by atoms with E-state index in [1.54, 1.807) is 0 Å². The summed E-state index contributed by atoms with van der Waals surface area (Å²) in [4.78, 5) is 13.0. The van der Waals surface area contributed by atoms with E-state index in [2.05, 4.69) is 17.4 Å². The topological polar surface area (TPSA) is 39.0 Å². The molecule has 1 atom stereocenters. The van der Waals surface area contributed by atoms with E-state index in [1.165, 1.54) is 5.56 Å². The third-order valence-electron chi connectivity index (χ3n) is 4.35. The van der Waals surface area contributed by atoms with Gasteiger partial charge in [-0.2, -0.15) is 0 Å². The van der Waals surface area contributed by atoms with E-state index < -0.39 is 0 Å². The quantitative estimate of drug-likeness (QED) is 0.743. The van der Waals surface area contributed by atoms with Crippen molar-refractivity contribution in [1.29, 1.82) is 0 Å². The van der Waals surface area contributed by atoms with Gasteiger partial charge in [-0.25, -0.2) is 4.79 Å². The predicted molar refractivity (Wildman–Crippen MR) is 102 cm³/mol. The van der Waals surface area contributed by atoms with Crippen LogP contribution in [0.3, 0.4) is 0 Å². The molecule has 0 spiro atoms. The van der Waals surface area contributed by atoms with Crippen LogP contribution in [0.15, 0.2) is 59.4 Å². The number of nitrogens with zero attached hydrogens (tertiary/aromatic N) is 2. The molecule has 0 saturated carbocycles. The van der Waals surface area contributed by atoms with Gasteiger partial charge in [-0.15, -0.1) is 12.4 Å². The van der Waals surface area contributed by atoms with Crippen molar-refractivity contribution < 1.29 is 0 Å². The summed E-state index contributed by atoms with van der Waals surface area (Å²) in [5.41, 5.74) is 3.25. The fourth-order valence-electron chi connectivity index (χ4n) is 3.24. The molecule has 5 heteroatoms. The summed E-state index contributed by atoms with van der Waals surface area (Å²) in [5.74, 6) is 0. The lowest BCUT2D eigenvalue weighted by Gasteiger charge is -2.19. The van der Waals surface area contributed by atoms with Crippen LogP contribution in [0.5, 0.6) is 0 Å². The summed E-state index contributed by atoms with van der Waals surface area (Å²) in [5, 5.41) is 3.20. The zero-order valence-electron chi connectivity index (χ0n) is 14.1. The minimum Gasteiger partial charge on any atom is -0.320 e. The first-order chi connectivity index (χ1) is 11.3. The highest BCUT2D eigenvalue weighted by molar-refractivity contribution is 5.85. The molecular weight excluding hydrogens is 322 g/mol. The van der Waals surface area contributed by atoms with E-state index in [1.807, 2.05) is 65.6 Å². The van der Waals surface area contributed by atoms with Crippen molar-refractivity contribution in [2.45, 2.75) is 25.9 Å². The summed E-state index contributed by atoms with van der Waals surface area (Å²) in [6.07, 6.45) is 0.873. The number of halogens is 1. The minimum atomic E-state index is 0. The Hall–Kier alpha value is -2.04. The van der Waals surface area contributed by atoms with Crippen molar-refractivity contribution >= 4 is 23.4 Å². The number of benzene rings is 2. The third-order valence-corrected chi connectivity index (χ3v) is 4.35. The maximum Gasteiger partial charge on any atom is 0.329 e. The van der Waals surface area contributed by atoms with Gasteiger partial charge < -0.3 is 5.32 Å². The first kappa shape index (κ1) is 18.3. The highest BCUT2D eigenvalue weighted by atomic mass is 35.5. The molecule has 4 nitrogen and oxygen atoms in total. The number of aryl methyl sites for hydroxylation is 1. The molecule has 1 N–H and O–H groups in total. The SMILES string of the molecule is CCn1c(=O)n([C@H](CCNC)c2ccccc2)c2ccccc21.Cl. The molecule has 0 saturated heterocycles. The second-order valence-electron chi connectivity index (χ2n) is 5.70. The standard InChI is InChI=1S/C19H23N3O.ClH/c1-3-21-17-11-7-8-12-18(17)22(19(21)23)16(13-14-20-2)15-9-5-4-6-10-15;/h4-12,16,20H,3,13-14H2,1-2H3;1H/t16-;/m1./s1. The summed E-state index contributed by atoms with van der Waals surface area (Å²) in [6, 6.07) is 18.4. The molecule has 1 heterocycles. The van der Waals surface area contributed by atoms with Crippen molar-refractivity contribution in [3.8, 4) is 0 Å². The largest absolute Gasteiger partial charge is 0.329 e. The van der Waals surface area contributed by atoms with E-state index >= 15 is 0 Å². The molecule has 0 amide bonds. The molecule has 0 unspecified atom stereocenters. The lowest BCUT2D eigenvalue weighted by atomic mass is 10.0. The smallest absolute Gasteiger partial charge is 0.320 e. The predicted octanol–water partition coefficient (Wildman–Crippen LogP) is 3.44. The van der Waals surface area contributed by atoms with E-state index in [-0.39, 0.29) is 24.1 Å². The van der Waals surface area contributed by atoms with Crippen molar-refractivity contribution in [2.75, 3.05) is 13.6 Å². The number of hydrogen-bond donors (Lipinski definition) is 1. The highest BCUT2D eigenvalue weighted by Gasteiger charge is 2.20. The van der Waals surface area contributed by atoms with Gasteiger partial charge in [-0.05, 0) is 44.6 Å². The van der Waals surface area contributed by atoms with Gasteiger partial charge in [0.15, 0.2) is 0 Å². The molecule has 1 aromatic heterocycles. The van der Waals surface area contributed by atoms with Crippen molar-refractivity contribution in [2.24, 2.45) is 0 Å². The first-order valence-electron chi connectivity index (χ1n) is 8.17. The van der Waals surface area contributed by atoms with Crippen LogP contribution in [0.4, 0.5) is 0 Å². The molecule has 0 aliphatic rings. The van der Waals surface area contributed by atoms with Crippen LogP contribution >= 0.6 is 12.4 Å². The highest BCUT2D eigenvalue weighted by Crippen LogP contribution is 2.25. The summed E-state index contributed by atoms with van der Waals surface area (Å²) >= 11 is 0. The molecule has 3 aromatic rings. The van der Waals surface area contributed by atoms with Crippen molar-refractivity contribution in [3.05, 3.63) is 70.6 Å². The van der Waals surface area contributed by atoms with Crippen LogP contribution in [0.25, 0.3) is 11.0 Å². The number of aromatic nitrogens is 2. The zero-order valence-corrected chi connectivity index (χ0v) is 14.9. The van der Waals surface area contributed by atoms with Crippen LogP contribution in [0, 0.1) is 0 Å². The molecule has 2 aromatic carbocycles. The lowest BCUT2D eigenvalue weighted by Crippen LogP contribution is -2.29. The fourth-order valence-corrected chi connectivity index (χ4v) is 3.24. The van der Waals surface area contributed by atoms with Gasteiger partial charge in [0.05, 0.1) is 17.1 Å². The molecule has 0 aliphatic heterocycles. The van der Waals surface area contributed by atoms with Gasteiger partial charge in [0.25, 0.3) is 0 Å². The molecule has 24 heavy (non-hydrogen) atoms. The van der Waals surface area contributed by atoms with Crippen molar-refractivity contribution in [3.63, 3.8) is 0 Å². The molecule has 0 fully saturated rings. The number of rotatable bonds is 6. The van der Waals surface area contributed by atoms with Crippen LogP contribution in [0.1, 0.15) is 24.9 Å². The van der Waals surface area contributed by atoms with Gasteiger partial charge in [0.1, 0.15) is 0 Å². The van der Waals surface area contributed by atoms with E-state index in [4.69, 9.17) is 0 Å². The zero-order chi connectivity index (χ0) is 16.2. The second kappa shape index (κ2) is 8.18. The Morgan fingerprint density at radius 2 is 1.62 bits per heavy atom. The van der Waals surface area contributed by atoms with Crippen LogP contribution in [-0.4, -0.2) is 22.7 Å². The summed E-state index contributed by atoms with van der Waals surface area (Å²) < 4.78 is 3.80. The Morgan fingerprint density at radius 3 is 2.25 bits per heavy atom. The molecule has 3 rings (SSSR count). The average molecular weight is 346 g/mol. The van der Waals surface area contributed by atoms with Gasteiger partial charge in [-0.1, -0.05) is 42.5 Å². The number of imidazole rings is 1. The normalized spacial score (nSPS) is 12.1. The Balaban J connectivity index is 0.00000208. The van der Waals surface area contributed by atoms with Gasteiger partial charge in [0, 0.05) is 6.54 Å². The molecule has 0 bridgehead atoms. The van der Waals surface area contributed by atoms with Gasteiger partial charge in [0.2, 0.25) is 0 Å². The third kappa shape index (κ3) is 3.25. The van der Waals surface area contributed by atoms with Crippen LogP contribution in [0.2, 0.25) is 0 Å². The van der Waals surface area contributed by atoms with E-state index in [0.717, 1.165) is 24.0 Å². The number of fused-ring (bicyclic) bond motifs is 1. The maximum absolute atomic E-state index is 13.0. The van der Waals surface area contributed by atoms with E-state index in [9.17, 15) is 4.79 Å². The Bertz CT molecular complexity index is 839. The maximum atomic E-state index is 13.0. The number of nitrogens with one attached hydrogen (secondary N) is 1. The Kier molecular flexibility index (Phi) is 6.23. The number of para-hydroxylation sites is 2. The number of hydrogen-bond acceptors (Lipinski definition) is 2.